The van der Waals surface area contributed by atoms with E-state index in [0.717, 1.165) is 27.2 Å². The Hall–Kier alpha value is -1.57. The highest BCUT2D eigenvalue weighted by atomic mass is 79.9. The minimum absolute atomic E-state index is 0.0142. The van der Waals surface area contributed by atoms with E-state index < -0.39 is 0 Å². The molecule has 0 bridgehead atoms. The average Bonchev–Trinajstić information content (AvgIpc) is 3.18. The Balaban J connectivity index is 1.68. The number of carbonyl (C=O) groups excluding carboxylic acids is 1. The number of anilines is 1. The fourth-order valence-corrected chi connectivity index (χ4v) is 5.54. The van der Waals surface area contributed by atoms with Gasteiger partial charge >= 0.3 is 0 Å². The SMILES string of the molecule is CCOc1ccccc1[C@H]1SC[C@@H]2C(=O)N(c3ccc(Br)cc3)C(=S)N21. The van der Waals surface area contributed by atoms with E-state index in [0.29, 0.717) is 11.7 Å². The number of hydrogen-bond acceptors (Lipinski definition) is 4. The zero-order chi connectivity index (χ0) is 18.3. The van der Waals surface area contributed by atoms with Crippen molar-refractivity contribution in [2.45, 2.75) is 18.3 Å². The summed E-state index contributed by atoms with van der Waals surface area (Å²) in [6, 6.07) is 15.4. The van der Waals surface area contributed by atoms with Crippen molar-refractivity contribution >= 4 is 56.6 Å². The minimum Gasteiger partial charge on any atom is -0.493 e. The summed E-state index contributed by atoms with van der Waals surface area (Å²) in [7, 11) is 0. The van der Waals surface area contributed by atoms with Gasteiger partial charge in [-0.05, 0) is 49.5 Å². The van der Waals surface area contributed by atoms with Gasteiger partial charge in [0.1, 0.15) is 17.2 Å². The molecule has 0 aromatic heterocycles. The van der Waals surface area contributed by atoms with Crippen LogP contribution in [0.2, 0.25) is 0 Å². The molecule has 0 unspecified atom stereocenters. The largest absolute Gasteiger partial charge is 0.493 e. The monoisotopic (exact) mass is 448 g/mol. The van der Waals surface area contributed by atoms with Gasteiger partial charge in [0.15, 0.2) is 5.11 Å². The van der Waals surface area contributed by atoms with Gasteiger partial charge in [-0.3, -0.25) is 9.69 Å². The first-order valence-corrected chi connectivity index (χ1v) is 10.6. The molecule has 1 amide bonds. The molecule has 2 saturated heterocycles. The highest BCUT2D eigenvalue weighted by Gasteiger charge is 2.51. The lowest BCUT2D eigenvalue weighted by molar-refractivity contribution is -0.119. The topological polar surface area (TPSA) is 32.8 Å². The third-order valence-corrected chi connectivity index (χ3v) is 6.71. The number of thioether (sulfide) groups is 1. The fraction of sp³-hybridized carbons (Fsp3) is 0.263. The van der Waals surface area contributed by atoms with Crippen LogP contribution in [0, 0.1) is 0 Å². The Morgan fingerprint density at radius 1 is 1.23 bits per heavy atom. The molecule has 0 radical (unpaired) electrons. The summed E-state index contributed by atoms with van der Waals surface area (Å²) in [5.74, 6) is 1.61. The highest BCUT2D eigenvalue weighted by Crippen LogP contribution is 2.48. The second-order valence-electron chi connectivity index (χ2n) is 6.01. The van der Waals surface area contributed by atoms with Crippen LogP contribution in [-0.2, 0) is 4.79 Å². The van der Waals surface area contributed by atoms with Gasteiger partial charge in [-0.2, -0.15) is 0 Å². The van der Waals surface area contributed by atoms with E-state index in [1.807, 2.05) is 49.4 Å². The summed E-state index contributed by atoms with van der Waals surface area (Å²) in [6.45, 7) is 2.58. The molecule has 2 fully saturated rings. The number of halogens is 1. The first-order valence-electron chi connectivity index (χ1n) is 8.37. The Morgan fingerprint density at radius 3 is 2.69 bits per heavy atom. The molecular weight excluding hydrogens is 432 g/mol. The second kappa shape index (κ2) is 7.21. The van der Waals surface area contributed by atoms with Crippen molar-refractivity contribution in [1.82, 2.24) is 4.90 Å². The second-order valence-corrected chi connectivity index (χ2v) is 8.41. The molecular formula is C19H17BrN2O2S2. The van der Waals surface area contributed by atoms with Gasteiger partial charge in [-0.25, -0.2) is 0 Å². The Morgan fingerprint density at radius 2 is 1.96 bits per heavy atom. The van der Waals surface area contributed by atoms with E-state index in [2.05, 4.69) is 26.9 Å². The van der Waals surface area contributed by atoms with Gasteiger partial charge in [-0.15, -0.1) is 11.8 Å². The summed E-state index contributed by atoms with van der Waals surface area (Å²) in [5.41, 5.74) is 1.87. The van der Waals surface area contributed by atoms with Crippen molar-refractivity contribution in [2.75, 3.05) is 17.3 Å². The van der Waals surface area contributed by atoms with E-state index in [1.54, 1.807) is 16.7 Å². The van der Waals surface area contributed by atoms with Crippen LogP contribution in [0.5, 0.6) is 5.75 Å². The third-order valence-electron chi connectivity index (χ3n) is 4.49. The number of benzene rings is 2. The molecule has 2 aromatic rings. The quantitative estimate of drug-likeness (QED) is 0.638. The molecule has 2 heterocycles. The van der Waals surface area contributed by atoms with Gasteiger partial charge < -0.3 is 9.64 Å². The Labute approximate surface area is 170 Å². The zero-order valence-electron chi connectivity index (χ0n) is 14.1. The van der Waals surface area contributed by atoms with Crippen LogP contribution in [0.4, 0.5) is 5.69 Å². The molecule has 2 aromatic carbocycles. The molecule has 7 heteroatoms. The molecule has 4 rings (SSSR count). The molecule has 26 heavy (non-hydrogen) atoms. The van der Waals surface area contributed by atoms with Gasteiger partial charge in [0.05, 0.1) is 12.3 Å². The predicted octanol–water partition coefficient (Wildman–Crippen LogP) is 4.60. The molecule has 0 saturated carbocycles. The summed E-state index contributed by atoms with van der Waals surface area (Å²) in [4.78, 5) is 16.7. The zero-order valence-corrected chi connectivity index (χ0v) is 17.3. The molecule has 2 aliphatic heterocycles. The number of thiocarbonyl (C=S) groups is 1. The smallest absolute Gasteiger partial charge is 0.257 e. The number of ether oxygens (including phenoxy) is 1. The molecule has 134 valence electrons. The number of nitrogens with zero attached hydrogens (tertiary/aromatic N) is 2. The first kappa shape index (κ1) is 17.8. The number of para-hydroxylation sites is 1. The summed E-state index contributed by atoms with van der Waals surface area (Å²) < 4.78 is 6.77. The first-order chi connectivity index (χ1) is 12.6. The maximum absolute atomic E-state index is 13.0. The Kier molecular flexibility index (Phi) is 4.94. The van der Waals surface area contributed by atoms with Crippen LogP contribution in [0.3, 0.4) is 0 Å². The van der Waals surface area contributed by atoms with Crippen LogP contribution in [0.1, 0.15) is 17.9 Å². The van der Waals surface area contributed by atoms with Crippen LogP contribution < -0.4 is 9.64 Å². The number of fused-ring (bicyclic) bond motifs is 1. The summed E-state index contributed by atoms with van der Waals surface area (Å²) in [6.07, 6.45) is 0. The van der Waals surface area contributed by atoms with Gasteiger partial charge in [0.25, 0.3) is 5.91 Å². The van der Waals surface area contributed by atoms with E-state index in [1.165, 1.54) is 0 Å². The highest BCUT2D eigenvalue weighted by molar-refractivity contribution is 9.10. The van der Waals surface area contributed by atoms with Gasteiger partial charge in [0.2, 0.25) is 0 Å². The molecule has 0 spiro atoms. The lowest BCUT2D eigenvalue weighted by Gasteiger charge is -2.26. The van der Waals surface area contributed by atoms with E-state index >= 15 is 0 Å². The van der Waals surface area contributed by atoms with Crippen LogP contribution in [0.15, 0.2) is 53.0 Å². The van der Waals surface area contributed by atoms with Crippen molar-refractivity contribution in [3.05, 3.63) is 58.6 Å². The molecule has 4 nitrogen and oxygen atoms in total. The summed E-state index contributed by atoms with van der Waals surface area (Å²) >= 11 is 10.9. The molecule has 2 aliphatic rings. The molecule has 0 aliphatic carbocycles. The number of rotatable bonds is 4. The number of amides is 1. The van der Waals surface area contributed by atoms with Crippen molar-refractivity contribution < 1.29 is 9.53 Å². The van der Waals surface area contributed by atoms with Crippen LogP contribution in [-0.4, -0.2) is 34.3 Å². The van der Waals surface area contributed by atoms with Gasteiger partial charge in [0, 0.05) is 15.8 Å². The van der Waals surface area contributed by atoms with Crippen molar-refractivity contribution in [1.29, 1.82) is 0 Å². The van der Waals surface area contributed by atoms with Crippen molar-refractivity contribution in [3.8, 4) is 5.75 Å². The Bertz CT molecular complexity index is 859. The third kappa shape index (κ3) is 2.92. The lowest BCUT2D eigenvalue weighted by atomic mass is 10.1. The van der Waals surface area contributed by atoms with Crippen molar-refractivity contribution in [2.24, 2.45) is 0 Å². The predicted molar refractivity (Wildman–Crippen MR) is 113 cm³/mol. The van der Waals surface area contributed by atoms with Gasteiger partial charge in [-0.1, -0.05) is 34.1 Å². The van der Waals surface area contributed by atoms with Crippen molar-refractivity contribution in [3.63, 3.8) is 0 Å². The minimum atomic E-state index is -0.226. The maximum atomic E-state index is 13.0. The fourth-order valence-electron chi connectivity index (χ4n) is 3.33. The van der Waals surface area contributed by atoms with E-state index in [9.17, 15) is 4.79 Å². The number of carbonyl (C=O) groups is 1. The normalized spacial score (nSPS) is 22.1. The maximum Gasteiger partial charge on any atom is 0.257 e. The molecule has 0 N–H and O–H groups in total. The number of hydrogen-bond donors (Lipinski definition) is 0. The lowest BCUT2D eigenvalue weighted by Crippen LogP contribution is -2.33. The van der Waals surface area contributed by atoms with E-state index in [4.69, 9.17) is 17.0 Å². The van der Waals surface area contributed by atoms with Crippen LogP contribution in [0.25, 0.3) is 0 Å². The van der Waals surface area contributed by atoms with Crippen LogP contribution >= 0.6 is 39.9 Å². The molecule has 2 atom stereocenters. The van der Waals surface area contributed by atoms with E-state index in [-0.39, 0.29) is 17.3 Å². The average molecular weight is 449 g/mol. The summed E-state index contributed by atoms with van der Waals surface area (Å²) in [5, 5.41) is 0.545. The standard InChI is InChI=1S/C19H17BrN2O2S2/c1-2-24-16-6-4-3-5-14(16)18-22-15(11-26-18)17(23)21(19(22)25)13-9-7-12(20)8-10-13/h3-10,15,18H,2,11H2,1H3/t15-,18-/m1/s1.